The molecule has 2 aromatic carbocycles. The number of unbranched alkanes of at least 4 members (excludes halogenated alkanes) is 17. The van der Waals surface area contributed by atoms with Crippen molar-refractivity contribution in [2.24, 2.45) is 0 Å². The Labute approximate surface area is 410 Å². The molecule has 1 heterocycles. The van der Waals surface area contributed by atoms with Gasteiger partial charge >= 0.3 is 16.5 Å². The molecule has 0 aromatic heterocycles. The minimum Gasteiger partial charge on any atom is -0.493 e. The summed E-state index contributed by atoms with van der Waals surface area (Å²) < 4.78 is 1.66. The van der Waals surface area contributed by atoms with Crippen LogP contribution in [0.25, 0.3) is 16.9 Å². The summed E-state index contributed by atoms with van der Waals surface area (Å²) in [4.78, 5) is 0. The Morgan fingerprint density at radius 1 is 0.375 bits per heavy atom. The maximum absolute atomic E-state index is 12.6. The molecule has 64 heavy (non-hydrogen) atoms. The molecule has 0 fully saturated rings. The molecule has 0 N–H and O–H groups in total. The van der Waals surface area contributed by atoms with Gasteiger partial charge < -0.3 is 19.4 Å². The zero-order chi connectivity index (χ0) is 46.7. The van der Waals surface area contributed by atoms with E-state index in [1.807, 2.05) is 0 Å². The van der Waals surface area contributed by atoms with Crippen molar-refractivity contribution in [3.63, 3.8) is 0 Å². The normalized spacial score (nSPS) is 12.3. The third-order valence-electron chi connectivity index (χ3n) is 13.2. The molecule has 0 amide bonds. The third kappa shape index (κ3) is 22.7. The Bertz CT molecular complexity index is 1490. The summed E-state index contributed by atoms with van der Waals surface area (Å²) in [7, 11) is 0. The van der Waals surface area contributed by atoms with Crippen molar-refractivity contribution in [3.05, 3.63) is 99.3 Å². The van der Waals surface area contributed by atoms with Crippen molar-refractivity contribution in [1.29, 1.82) is 0 Å². The molecule has 0 unspecified atom stereocenters. The first-order valence-corrected chi connectivity index (χ1v) is 27.5. The average molecular weight is 924 g/mol. The average Bonchev–Trinajstić information content (AvgIpc) is 3.53. The Morgan fingerprint density at radius 2 is 0.656 bits per heavy atom. The third-order valence-corrected chi connectivity index (χ3v) is 13.2. The van der Waals surface area contributed by atoms with E-state index < -0.39 is 0 Å². The van der Waals surface area contributed by atoms with Gasteiger partial charge in [-0.1, -0.05) is 171 Å². The second-order valence-electron chi connectivity index (χ2n) is 18.9. The largest absolute Gasteiger partial charge is 2.00 e. The van der Waals surface area contributed by atoms with Crippen LogP contribution in [-0.2, 0) is 55.0 Å². The van der Waals surface area contributed by atoms with Crippen LogP contribution in [0.4, 0.5) is 0 Å². The fourth-order valence-electron chi connectivity index (χ4n) is 9.28. The zero-order valence-electron chi connectivity index (χ0n) is 44.3. The molecule has 368 valence electrons. The van der Waals surface area contributed by atoms with Crippen LogP contribution in [0, 0.1) is 13.8 Å². The predicted octanol–water partition coefficient (Wildman–Crippen LogP) is 20.5. The maximum Gasteiger partial charge on any atom is 2.00 e. The summed E-state index contributed by atoms with van der Waals surface area (Å²) in [6.45, 7) is 30.2. The van der Waals surface area contributed by atoms with E-state index in [9.17, 15) is 5.53 Å². The van der Waals surface area contributed by atoms with Gasteiger partial charge in [-0.2, -0.15) is 12.8 Å². The molecule has 2 nitrogen and oxygen atoms in total. The number of hydrogen-bond acceptors (Lipinski definition) is 0. The number of nitrogens with zero attached hydrogens (tertiary/aromatic N) is 2. The molecule has 2 aromatic rings. The number of aryl methyl sites for hydroxylation is 4. The number of allylic oxidation sites excluding steroid dienone is 2. The van der Waals surface area contributed by atoms with Crippen LogP contribution in [0.3, 0.4) is 0 Å². The topological polar surface area (TPSA) is 25.3 Å². The van der Waals surface area contributed by atoms with E-state index in [1.54, 1.807) is 38.1 Å². The van der Waals surface area contributed by atoms with Gasteiger partial charge in [0.15, 0.2) is 0 Å². The van der Waals surface area contributed by atoms with Crippen LogP contribution in [0.1, 0.15) is 287 Å². The minimum atomic E-state index is 0. The molecule has 0 saturated heterocycles. The van der Waals surface area contributed by atoms with E-state index in [0.717, 1.165) is 69.2 Å². The van der Waals surface area contributed by atoms with Gasteiger partial charge in [0.2, 0.25) is 11.4 Å². The van der Waals surface area contributed by atoms with Crippen molar-refractivity contribution in [2.45, 2.75) is 281 Å². The molecule has 0 aliphatic carbocycles. The van der Waals surface area contributed by atoms with Gasteiger partial charge in [0.1, 0.15) is 0 Å². The fourth-order valence-corrected chi connectivity index (χ4v) is 9.28. The number of rotatable bonds is 33. The van der Waals surface area contributed by atoms with Gasteiger partial charge in [-0.05, 0) is 154 Å². The molecule has 0 bridgehead atoms. The van der Waals surface area contributed by atoms with Crippen LogP contribution in [0.5, 0.6) is 0 Å². The van der Waals surface area contributed by atoms with Crippen LogP contribution < -0.4 is 0 Å². The standard InChI is InChI=1S/C51H82N2.2C5H11.Ni/c1-9-16-23-29-41-36-45(37-42(30-24-17-10-2)48(41)34-27-20-13-5)50-40(8)47(33-22-15-7)51(53(50)52)46-38-43(31-25-18-11-3)49(35-28-21-14-6)44(39-46)32-26-19-12-4;2*1-3-5-4-2;/h36-39H,9-35H2,1-8H3;2*1,3-5H2,2H3;/q;2*-1;+2. The predicted molar refractivity (Wildman–Crippen MR) is 285 cm³/mol. The van der Waals surface area contributed by atoms with Gasteiger partial charge in [0, 0.05) is 22.3 Å². The van der Waals surface area contributed by atoms with Crippen molar-refractivity contribution in [3.8, 4) is 0 Å². The zero-order valence-corrected chi connectivity index (χ0v) is 45.3. The van der Waals surface area contributed by atoms with Gasteiger partial charge in [-0.25, -0.2) is 4.70 Å². The van der Waals surface area contributed by atoms with E-state index in [2.05, 4.69) is 107 Å². The molecule has 1 aliphatic rings. The van der Waals surface area contributed by atoms with Gasteiger partial charge in [0.05, 0.1) is 0 Å². The van der Waals surface area contributed by atoms with Gasteiger partial charge in [-0.15, -0.1) is 0 Å². The summed E-state index contributed by atoms with van der Waals surface area (Å²) in [6.07, 6.45) is 40.3. The summed E-state index contributed by atoms with van der Waals surface area (Å²) in [5.41, 5.74) is 29.3. The van der Waals surface area contributed by atoms with Gasteiger partial charge in [0.25, 0.3) is 0 Å². The molecule has 0 saturated carbocycles. The molecular weight excluding hydrogens is 819 g/mol. The van der Waals surface area contributed by atoms with Crippen molar-refractivity contribution in [1.82, 2.24) is 0 Å². The summed E-state index contributed by atoms with van der Waals surface area (Å²) in [6, 6.07) is 10.0. The minimum absolute atomic E-state index is 0. The van der Waals surface area contributed by atoms with Crippen LogP contribution in [-0.4, -0.2) is 4.70 Å². The van der Waals surface area contributed by atoms with E-state index >= 15 is 0 Å². The molecular formula is C61H104N2Ni. The maximum atomic E-state index is 12.6. The van der Waals surface area contributed by atoms with E-state index in [1.165, 1.54) is 176 Å². The molecule has 3 rings (SSSR count). The summed E-state index contributed by atoms with van der Waals surface area (Å²) in [5, 5.41) is 0. The van der Waals surface area contributed by atoms with E-state index in [4.69, 9.17) is 0 Å². The number of hydrogen-bond donors (Lipinski definition) is 0. The van der Waals surface area contributed by atoms with E-state index in [0.29, 0.717) is 0 Å². The molecule has 0 radical (unpaired) electrons. The first-order valence-electron chi connectivity index (χ1n) is 27.5. The van der Waals surface area contributed by atoms with Crippen molar-refractivity contribution >= 4 is 11.4 Å². The summed E-state index contributed by atoms with van der Waals surface area (Å²) in [5.74, 6) is 0. The van der Waals surface area contributed by atoms with Gasteiger partial charge in [-0.3, -0.25) is 0 Å². The summed E-state index contributed by atoms with van der Waals surface area (Å²) >= 11 is 0. The SMILES string of the molecule is CCCCCc1cc(C2=C(C)C(CCCC)=C(c3cc(CCCCC)c(CCCCC)c(CCCCC)c3)[N+]2=[N-])cc(CCCCC)c1CCCCC.[CH2-]CCCC.[CH2-]CCCC.[Ni+2]. The Balaban J connectivity index is 0.00000324. The van der Waals surface area contributed by atoms with Crippen LogP contribution in [0.2, 0.25) is 0 Å². The Hall–Kier alpha value is -1.99. The monoisotopic (exact) mass is 923 g/mol. The quantitative estimate of drug-likeness (QED) is 0.0295. The molecule has 0 atom stereocenters. The molecule has 3 heteroatoms. The Morgan fingerprint density at radius 3 is 0.922 bits per heavy atom. The van der Waals surface area contributed by atoms with Crippen molar-refractivity contribution in [2.75, 3.05) is 0 Å². The first-order chi connectivity index (χ1) is 30.7. The Kier molecular flexibility index (Phi) is 38.9. The molecule has 1 aliphatic heterocycles. The van der Waals surface area contributed by atoms with Crippen LogP contribution in [0.15, 0.2) is 35.4 Å². The fraction of sp³-hybridized carbons (Fsp3) is 0.705. The molecule has 0 spiro atoms. The first kappa shape index (κ1) is 62.0. The van der Waals surface area contributed by atoms with Crippen LogP contribution >= 0.6 is 0 Å². The van der Waals surface area contributed by atoms with Crippen molar-refractivity contribution < 1.29 is 21.2 Å². The van der Waals surface area contributed by atoms with E-state index in [-0.39, 0.29) is 16.5 Å². The second kappa shape index (κ2) is 40.1. The smallest absolute Gasteiger partial charge is 0.493 e. The number of benzene rings is 2. The second-order valence-corrected chi connectivity index (χ2v) is 18.9.